The van der Waals surface area contributed by atoms with E-state index in [1.165, 1.54) is 24.8 Å². The van der Waals surface area contributed by atoms with E-state index >= 15 is 0 Å². The van der Waals surface area contributed by atoms with Crippen molar-refractivity contribution in [1.29, 1.82) is 0 Å². The Morgan fingerprint density at radius 3 is 2.23 bits per heavy atom. The molecule has 0 aromatic heterocycles. The fourth-order valence-electron chi connectivity index (χ4n) is 3.67. The summed E-state index contributed by atoms with van der Waals surface area (Å²) in [6.07, 6.45) is 9.07. The standard InChI is InChI=1S/C22H36O3S/c1-4-5-16-25-22-14-12-20(13-15-22)7-6-19-8-10-21(11-9-19)17-26(23,24)18(2)3/h12-15,18-19,21H,4-11,16-17H2,1-3H3. The number of benzene rings is 1. The van der Waals surface area contributed by atoms with Gasteiger partial charge >= 0.3 is 0 Å². The van der Waals surface area contributed by atoms with E-state index in [0.717, 1.165) is 50.4 Å². The maximum Gasteiger partial charge on any atom is 0.152 e. The van der Waals surface area contributed by atoms with Crippen LogP contribution >= 0.6 is 0 Å². The first-order valence-electron chi connectivity index (χ1n) is 10.3. The lowest BCUT2D eigenvalue weighted by Crippen LogP contribution is -2.26. The van der Waals surface area contributed by atoms with Gasteiger partial charge in [0.25, 0.3) is 0 Å². The van der Waals surface area contributed by atoms with E-state index in [1.54, 1.807) is 13.8 Å². The number of rotatable bonds is 10. The third kappa shape index (κ3) is 6.94. The summed E-state index contributed by atoms with van der Waals surface area (Å²) in [7, 11) is -2.90. The monoisotopic (exact) mass is 380 g/mol. The molecular formula is C22H36O3S. The summed E-state index contributed by atoms with van der Waals surface area (Å²) in [5, 5.41) is -0.242. The van der Waals surface area contributed by atoms with Crippen LogP contribution in [0.15, 0.2) is 24.3 Å². The number of aryl methyl sites for hydroxylation is 1. The number of sulfone groups is 1. The van der Waals surface area contributed by atoms with Gasteiger partial charge in [-0.15, -0.1) is 0 Å². The summed E-state index contributed by atoms with van der Waals surface area (Å²) in [5.41, 5.74) is 1.37. The molecule has 0 saturated heterocycles. The largest absolute Gasteiger partial charge is 0.494 e. The van der Waals surface area contributed by atoms with Crippen molar-refractivity contribution < 1.29 is 13.2 Å². The average Bonchev–Trinajstić information content (AvgIpc) is 2.62. The quantitative estimate of drug-likeness (QED) is 0.509. The first-order chi connectivity index (χ1) is 12.4. The zero-order valence-electron chi connectivity index (χ0n) is 16.7. The van der Waals surface area contributed by atoms with Crippen molar-refractivity contribution in [1.82, 2.24) is 0 Å². The molecule has 0 radical (unpaired) electrons. The fraction of sp³-hybridized carbons (Fsp3) is 0.727. The van der Waals surface area contributed by atoms with Gasteiger partial charge in [-0.05, 0) is 75.5 Å². The number of hydrogen-bond donors (Lipinski definition) is 0. The second-order valence-electron chi connectivity index (χ2n) is 8.15. The Hall–Kier alpha value is -1.03. The van der Waals surface area contributed by atoms with Gasteiger partial charge in [0.05, 0.1) is 17.6 Å². The fourth-order valence-corrected chi connectivity index (χ4v) is 5.04. The molecule has 0 N–H and O–H groups in total. The molecule has 1 aliphatic rings. The predicted molar refractivity (Wildman–Crippen MR) is 110 cm³/mol. The highest BCUT2D eigenvalue weighted by Gasteiger charge is 2.27. The highest BCUT2D eigenvalue weighted by molar-refractivity contribution is 7.91. The molecule has 2 rings (SSSR count). The van der Waals surface area contributed by atoms with Crippen LogP contribution in [0.1, 0.15) is 71.3 Å². The lowest BCUT2D eigenvalue weighted by atomic mass is 9.80. The van der Waals surface area contributed by atoms with Gasteiger partial charge < -0.3 is 4.74 Å². The number of ether oxygens (including phenoxy) is 1. The van der Waals surface area contributed by atoms with Gasteiger partial charge in [-0.25, -0.2) is 8.42 Å². The minimum absolute atomic E-state index is 0.242. The van der Waals surface area contributed by atoms with E-state index in [2.05, 4.69) is 31.2 Å². The molecule has 1 aliphatic carbocycles. The summed E-state index contributed by atoms with van der Waals surface area (Å²) in [6, 6.07) is 8.53. The number of hydrogen-bond acceptors (Lipinski definition) is 3. The predicted octanol–water partition coefficient (Wildman–Crippen LogP) is 5.43. The molecule has 1 saturated carbocycles. The lowest BCUT2D eigenvalue weighted by Gasteiger charge is -2.28. The van der Waals surface area contributed by atoms with Crippen molar-refractivity contribution in [3.05, 3.63) is 29.8 Å². The summed E-state index contributed by atoms with van der Waals surface area (Å²) in [4.78, 5) is 0. The molecule has 148 valence electrons. The van der Waals surface area contributed by atoms with Crippen LogP contribution < -0.4 is 4.74 Å². The van der Waals surface area contributed by atoms with Crippen LogP contribution in [0.4, 0.5) is 0 Å². The summed E-state index contributed by atoms with van der Waals surface area (Å²) >= 11 is 0. The van der Waals surface area contributed by atoms with Gasteiger partial charge in [0, 0.05) is 0 Å². The molecular weight excluding hydrogens is 344 g/mol. The van der Waals surface area contributed by atoms with Crippen LogP contribution in [0, 0.1) is 11.8 Å². The summed E-state index contributed by atoms with van der Waals surface area (Å²) < 4.78 is 29.9. The Bertz CT molecular complexity index is 611. The second-order valence-corrected chi connectivity index (χ2v) is 10.8. The van der Waals surface area contributed by atoms with Crippen molar-refractivity contribution in [3.8, 4) is 5.75 Å². The molecule has 1 fully saturated rings. The van der Waals surface area contributed by atoms with Crippen LogP contribution in [-0.4, -0.2) is 26.0 Å². The van der Waals surface area contributed by atoms with E-state index in [0.29, 0.717) is 11.7 Å². The Morgan fingerprint density at radius 1 is 1.04 bits per heavy atom. The Labute approximate surface area is 160 Å². The Morgan fingerprint density at radius 2 is 1.65 bits per heavy atom. The minimum atomic E-state index is -2.90. The molecule has 0 spiro atoms. The van der Waals surface area contributed by atoms with Crippen molar-refractivity contribution in [2.45, 2.75) is 77.4 Å². The van der Waals surface area contributed by atoms with Crippen molar-refractivity contribution >= 4 is 9.84 Å². The van der Waals surface area contributed by atoms with Gasteiger partial charge in [-0.1, -0.05) is 38.3 Å². The van der Waals surface area contributed by atoms with E-state index in [9.17, 15) is 8.42 Å². The zero-order chi connectivity index (χ0) is 19.0. The molecule has 1 aromatic rings. The molecule has 0 unspecified atom stereocenters. The summed E-state index contributed by atoms with van der Waals surface area (Å²) in [6.45, 7) is 6.55. The van der Waals surface area contributed by atoms with Gasteiger partial charge in [-0.2, -0.15) is 0 Å². The van der Waals surface area contributed by atoms with Crippen LogP contribution in [0.3, 0.4) is 0 Å². The Kier molecular flexibility index (Phi) is 8.46. The molecule has 26 heavy (non-hydrogen) atoms. The molecule has 0 aliphatic heterocycles. The van der Waals surface area contributed by atoms with E-state index in [4.69, 9.17) is 4.74 Å². The molecule has 0 bridgehead atoms. The SMILES string of the molecule is CCCCOc1ccc(CCC2CCC(CS(=O)(=O)C(C)C)CC2)cc1. The van der Waals surface area contributed by atoms with Crippen molar-refractivity contribution in [2.75, 3.05) is 12.4 Å². The maximum atomic E-state index is 12.1. The van der Waals surface area contributed by atoms with Crippen molar-refractivity contribution in [3.63, 3.8) is 0 Å². The highest BCUT2D eigenvalue weighted by atomic mass is 32.2. The van der Waals surface area contributed by atoms with Crippen LogP contribution in [0.2, 0.25) is 0 Å². The summed E-state index contributed by atoms with van der Waals surface area (Å²) in [5.74, 6) is 2.47. The van der Waals surface area contributed by atoms with Crippen LogP contribution in [-0.2, 0) is 16.3 Å². The molecule has 3 nitrogen and oxygen atoms in total. The minimum Gasteiger partial charge on any atom is -0.494 e. The normalized spacial score (nSPS) is 21.1. The number of unbranched alkanes of at least 4 members (excludes halogenated alkanes) is 1. The van der Waals surface area contributed by atoms with Gasteiger partial charge in [0.15, 0.2) is 9.84 Å². The third-order valence-electron chi connectivity index (χ3n) is 5.68. The van der Waals surface area contributed by atoms with Gasteiger partial charge in [0.2, 0.25) is 0 Å². The lowest BCUT2D eigenvalue weighted by molar-refractivity contribution is 0.278. The molecule has 1 aromatic carbocycles. The van der Waals surface area contributed by atoms with Crippen LogP contribution in [0.5, 0.6) is 5.75 Å². The first kappa shape index (κ1) is 21.3. The molecule has 0 amide bonds. The van der Waals surface area contributed by atoms with E-state index < -0.39 is 9.84 Å². The second kappa shape index (κ2) is 10.3. The van der Waals surface area contributed by atoms with Gasteiger partial charge in [0.1, 0.15) is 5.75 Å². The molecule has 0 atom stereocenters. The average molecular weight is 381 g/mol. The smallest absolute Gasteiger partial charge is 0.152 e. The maximum absolute atomic E-state index is 12.1. The third-order valence-corrected chi connectivity index (χ3v) is 8.06. The van der Waals surface area contributed by atoms with E-state index in [1.807, 2.05) is 0 Å². The molecule has 0 heterocycles. The topological polar surface area (TPSA) is 43.4 Å². The highest BCUT2D eigenvalue weighted by Crippen LogP contribution is 2.33. The van der Waals surface area contributed by atoms with Gasteiger partial charge in [-0.3, -0.25) is 0 Å². The van der Waals surface area contributed by atoms with Crippen molar-refractivity contribution in [2.24, 2.45) is 11.8 Å². The van der Waals surface area contributed by atoms with Crippen LogP contribution in [0.25, 0.3) is 0 Å². The zero-order valence-corrected chi connectivity index (χ0v) is 17.6. The first-order valence-corrected chi connectivity index (χ1v) is 12.1. The molecule has 4 heteroatoms. The Balaban J connectivity index is 1.70. The van der Waals surface area contributed by atoms with E-state index in [-0.39, 0.29) is 5.25 Å².